The molecular formula is C17H18N2O2. The van der Waals surface area contributed by atoms with E-state index in [-0.39, 0.29) is 5.91 Å². The molecule has 1 aromatic heterocycles. The minimum absolute atomic E-state index is 0.166. The van der Waals surface area contributed by atoms with E-state index in [0.717, 1.165) is 16.8 Å². The van der Waals surface area contributed by atoms with Crippen molar-refractivity contribution >= 4 is 11.6 Å². The van der Waals surface area contributed by atoms with Crippen LogP contribution in [0.3, 0.4) is 0 Å². The lowest BCUT2D eigenvalue weighted by atomic mass is 10.1. The van der Waals surface area contributed by atoms with Crippen molar-refractivity contribution in [1.82, 2.24) is 0 Å². The van der Waals surface area contributed by atoms with Crippen LogP contribution in [0.1, 0.15) is 34.2 Å². The fourth-order valence-corrected chi connectivity index (χ4v) is 2.04. The van der Waals surface area contributed by atoms with Crippen molar-refractivity contribution < 1.29 is 9.21 Å². The van der Waals surface area contributed by atoms with E-state index in [2.05, 4.69) is 17.2 Å². The molecule has 0 atom stereocenters. The van der Waals surface area contributed by atoms with Gasteiger partial charge in [0.05, 0.1) is 18.4 Å². The maximum atomic E-state index is 12.2. The van der Waals surface area contributed by atoms with Gasteiger partial charge in [0, 0.05) is 17.7 Å². The van der Waals surface area contributed by atoms with Crippen LogP contribution >= 0.6 is 0 Å². The van der Waals surface area contributed by atoms with Crippen LogP contribution in [0.2, 0.25) is 0 Å². The van der Waals surface area contributed by atoms with E-state index in [0.29, 0.717) is 24.3 Å². The normalized spacial score (nSPS) is 9.86. The number of nitrogens with two attached hydrogens (primary N) is 1. The van der Waals surface area contributed by atoms with Crippen LogP contribution < -0.4 is 11.1 Å². The monoisotopic (exact) mass is 282 g/mol. The number of rotatable bonds is 3. The summed E-state index contributed by atoms with van der Waals surface area (Å²) in [5.41, 5.74) is 8.58. The molecule has 0 radical (unpaired) electrons. The average molecular weight is 282 g/mol. The molecule has 108 valence electrons. The molecule has 1 heterocycles. The first kappa shape index (κ1) is 14.9. The van der Waals surface area contributed by atoms with Gasteiger partial charge in [-0.3, -0.25) is 4.79 Å². The molecule has 4 heteroatoms. The minimum Gasteiger partial charge on any atom is -0.469 e. The Morgan fingerprint density at radius 1 is 1.38 bits per heavy atom. The van der Waals surface area contributed by atoms with Gasteiger partial charge >= 0.3 is 0 Å². The highest BCUT2D eigenvalue weighted by molar-refractivity contribution is 6.05. The van der Waals surface area contributed by atoms with E-state index in [1.165, 1.54) is 6.26 Å². The van der Waals surface area contributed by atoms with Gasteiger partial charge in [-0.25, -0.2) is 0 Å². The Labute approximate surface area is 124 Å². The quantitative estimate of drug-likeness (QED) is 0.850. The van der Waals surface area contributed by atoms with E-state index in [4.69, 9.17) is 10.2 Å². The fourth-order valence-electron chi connectivity index (χ4n) is 2.04. The summed E-state index contributed by atoms with van der Waals surface area (Å²) in [4.78, 5) is 12.2. The van der Waals surface area contributed by atoms with Gasteiger partial charge in [0.25, 0.3) is 5.91 Å². The zero-order chi connectivity index (χ0) is 15.2. The van der Waals surface area contributed by atoms with E-state index >= 15 is 0 Å². The molecule has 0 unspecified atom stereocenters. The number of anilines is 1. The summed E-state index contributed by atoms with van der Waals surface area (Å²) in [6.07, 6.45) is 2.22. The van der Waals surface area contributed by atoms with Gasteiger partial charge in [-0.15, -0.1) is 0 Å². The third kappa shape index (κ3) is 3.53. The average Bonchev–Trinajstić information content (AvgIpc) is 2.95. The van der Waals surface area contributed by atoms with Crippen LogP contribution in [-0.4, -0.2) is 12.5 Å². The maximum absolute atomic E-state index is 12.2. The first-order valence-corrected chi connectivity index (χ1v) is 6.83. The molecule has 2 rings (SSSR count). The first-order valence-electron chi connectivity index (χ1n) is 6.83. The largest absolute Gasteiger partial charge is 0.469 e. The maximum Gasteiger partial charge on any atom is 0.259 e. The van der Waals surface area contributed by atoms with Gasteiger partial charge in [-0.2, -0.15) is 0 Å². The van der Waals surface area contributed by atoms with E-state index in [1.807, 2.05) is 32.0 Å². The molecule has 0 aliphatic heterocycles. The summed E-state index contributed by atoms with van der Waals surface area (Å²) < 4.78 is 5.27. The number of carbonyl (C=O) groups excluding carboxylic acids is 1. The van der Waals surface area contributed by atoms with Crippen molar-refractivity contribution in [3.8, 4) is 11.8 Å². The van der Waals surface area contributed by atoms with Gasteiger partial charge < -0.3 is 15.5 Å². The van der Waals surface area contributed by atoms with Crippen molar-refractivity contribution in [3.63, 3.8) is 0 Å². The fraction of sp³-hybridized carbons (Fsp3) is 0.235. The molecule has 4 nitrogen and oxygen atoms in total. The number of aryl methyl sites for hydroxylation is 2. The lowest BCUT2D eigenvalue weighted by Crippen LogP contribution is -2.12. The summed E-state index contributed by atoms with van der Waals surface area (Å²) in [7, 11) is 0. The third-order valence-corrected chi connectivity index (χ3v) is 3.12. The highest BCUT2D eigenvalue weighted by Crippen LogP contribution is 2.17. The second-order valence-electron chi connectivity index (χ2n) is 4.60. The van der Waals surface area contributed by atoms with Crippen LogP contribution in [-0.2, 0) is 6.42 Å². The van der Waals surface area contributed by atoms with Crippen molar-refractivity contribution in [1.29, 1.82) is 0 Å². The number of amides is 1. The lowest BCUT2D eigenvalue weighted by Gasteiger charge is -2.07. The number of benzene rings is 1. The number of nitrogens with one attached hydrogen (secondary N) is 1. The van der Waals surface area contributed by atoms with E-state index < -0.39 is 0 Å². The smallest absolute Gasteiger partial charge is 0.259 e. The Morgan fingerprint density at radius 2 is 2.19 bits per heavy atom. The highest BCUT2D eigenvalue weighted by atomic mass is 16.3. The number of carbonyl (C=O) groups is 1. The van der Waals surface area contributed by atoms with Crippen molar-refractivity contribution in [2.24, 2.45) is 5.73 Å². The predicted octanol–water partition coefficient (Wildman–Crippen LogP) is 2.71. The molecule has 21 heavy (non-hydrogen) atoms. The molecule has 1 aromatic carbocycles. The summed E-state index contributed by atoms with van der Waals surface area (Å²) in [5.74, 6) is 6.34. The van der Waals surface area contributed by atoms with Gasteiger partial charge in [0.2, 0.25) is 0 Å². The third-order valence-electron chi connectivity index (χ3n) is 3.12. The van der Waals surface area contributed by atoms with Crippen molar-refractivity contribution in [3.05, 3.63) is 53.0 Å². The molecule has 1 amide bonds. The number of hydrogen-bond donors (Lipinski definition) is 2. The summed E-state index contributed by atoms with van der Waals surface area (Å²) >= 11 is 0. The van der Waals surface area contributed by atoms with Crippen LogP contribution in [0, 0.1) is 18.8 Å². The Morgan fingerprint density at radius 3 is 2.86 bits per heavy atom. The van der Waals surface area contributed by atoms with Crippen LogP contribution in [0.25, 0.3) is 0 Å². The number of hydrogen-bond acceptors (Lipinski definition) is 3. The lowest BCUT2D eigenvalue weighted by molar-refractivity contribution is 0.102. The molecule has 0 saturated carbocycles. The van der Waals surface area contributed by atoms with Gasteiger partial charge in [0.15, 0.2) is 0 Å². The Balaban J connectivity index is 2.17. The molecule has 0 saturated heterocycles. The van der Waals surface area contributed by atoms with Gasteiger partial charge in [-0.05, 0) is 36.8 Å². The second kappa shape index (κ2) is 6.78. The molecule has 0 spiro atoms. The first-order chi connectivity index (χ1) is 10.2. The van der Waals surface area contributed by atoms with E-state index in [1.54, 1.807) is 6.07 Å². The molecule has 0 fully saturated rings. The molecule has 0 bridgehead atoms. The topological polar surface area (TPSA) is 68.3 Å². The second-order valence-corrected chi connectivity index (χ2v) is 4.60. The predicted molar refractivity (Wildman–Crippen MR) is 83.2 cm³/mol. The Hall–Kier alpha value is -2.51. The van der Waals surface area contributed by atoms with Gasteiger partial charge in [0.1, 0.15) is 5.76 Å². The molecular weight excluding hydrogens is 264 g/mol. The minimum atomic E-state index is -0.166. The highest BCUT2D eigenvalue weighted by Gasteiger charge is 2.13. The number of furan rings is 1. The van der Waals surface area contributed by atoms with Crippen molar-refractivity contribution in [2.45, 2.75) is 20.3 Å². The Bertz CT molecular complexity index is 705. The zero-order valence-corrected chi connectivity index (χ0v) is 12.2. The standard InChI is InChI=1S/C17H18N2O2/c1-3-16-15(8-10-21-16)17(20)19-14-7-6-13(5-4-9-18)12(2)11-14/h6-8,10-11H,3,9,18H2,1-2H3,(H,19,20). The summed E-state index contributed by atoms with van der Waals surface area (Å²) in [5, 5.41) is 2.87. The van der Waals surface area contributed by atoms with Crippen LogP contribution in [0.5, 0.6) is 0 Å². The summed E-state index contributed by atoms with van der Waals surface area (Å²) in [6.45, 7) is 4.23. The molecule has 3 N–H and O–H groups in total. The van der Waals surface area contributed by atoms with Crippen molar-refractivity contribution in [2.75, 3.05) is 11.9 Å². The van der Waals surface area contributed by atoms with Gasteiger partial charge in [-0.1, -0.05) is 18.8 Å². The van der Waals surface area contributed by atoms with E-state index in [9.17, 15) is 4.79 Å². The zero-order valence-electron chi connectivity index (χ0n) is 12.2. The molecule has 2 aromatic rings. The molecule has 0 aliphatic carbocycles. The summed E-state index contributed by atoms with van der Waals surface area (Å²) in [6, 6.07) is 7.28. The Kier molecular flexibility index (Phi) is 4.81. The SMILES string of the molecule is CCc1occc1C(=O)Nc1ccc(C#CCN)c(C)c1. The van der Waals surface area contributed by atoms with Crippen LogP contribution in [0.4, 0.5) is 5.69 Å². The van der Waals surface area contributed by atoms with Crippen LogP contribution in [0.15, 0.2) is 34.9 Å². The molecule has 0 aliphatic rings.